The molecule has 0 fully saturated rings. The number of anilines is 1. The quantitative estimate of drug-likeness (QED) is 0.772. The van der Waals surface area contributed by atoms with Gasteiger partial charge in [-0.3, -0.25) is 9.59 Å². The minimum atomic E-state index is -1.02. The molecule has 1 aromatic carbocycles. The zero-order chi connectivity index (χ0) is 16.0. The lowest BCUT2D eigenvalue weighted by atomic mass is 9.96. The number of hydrogen-bond acceptors (Lipinski definition) is 3. The van der Waals surface area contributed by atoms with E-state index in [9.17, 15) is 14.4 Å². The summed E-state index contributed by atoms with van der Waals surface area (Å²) < 4.78 is 0. The molecule has 1 aromatic rings. The molecule has 0 saturated heterocycles. The lowest BCUT2D eigenvalue weighted by molar-refractivity contribution is -0.128. The van der Waals surface area contributed by atoms with E-state index in [1.165, 1.54) is 24.3 Å². The number of carbonyl (C=O) groups is 3. The fourth-order valence-electron chi connectivity index (χ4n) is 1.47. The second-order valence-electron chi connectivity index (χ2n) is 5.69. The average molecular weight is 292 g/mol. The molecule has 0 bridgehead atoms. The van der Waals surface area contributed by atoms with Crippen molar-refractivity contribution >= 4 is 23.5 Å². The van der Waals surface area contributed by atoms with Crippen LogP contribution in [0.5, 0.6) is 0 Å². The number of benzene rings is 1. The first-order chi connectivity index (χ1) is 9.70. The topological polar surface area (TPSA) is 95.5 Å². The van der Waals surface area contributed by atoms with E-state index in [1.807, 2.05) is 0 Å². The van der Waals surface area contributed by atoms with Crippen molar-refractivity contribution in [2.24, 2.45) is 5.41 Å². The van der Waals surface area contributed by atoms with E-state index in [0.29, 0.717) is 5.69 Å². The van der Waals surface area contributed by atoms with E-state index in [-0.39, 0.29) is 30.3 Å². The SMILES string of the molecule is CC(C)(C)C(=O)NCCC(=O)Nc1ccc(C(=O)O)cc1. The summed E-state index contributed by atoms with van der Waals surface area (Å²) in [5.41, 5.74) is 0.195. The predicted octanol–water partition coefficient (Wildman–Crippen LogP) is 1.88. The summed E-state index contributed by atoms with van der Waals surface area (Å²) in [7, 11) is 0. The van der Waals surface area contributed by atoms with Gasteiger partial charge in [0.1, 0.15) is 0 Å². The molecule has 21 heavy (non-hydrogen) atoms. The molecule has 0 aliphatic carbocycles. The highest BCUT2D eigenvalue weighted by molar-refractivity contribution is 5.92. The van der Waals surface area contributed by atoms with Gasteiger partial charge >= 0.3 is 5.97 Å². The van der Waals surface area contributed by atoms with Crippen molar-refractivity contribution in [2.75, 3.05) is 11.9 Å². The van der Waals surface area contributed by atoms with Crippen LogP contribution in [0.4, 0.5) is 5.69 Å². The van der Waals surface area contributed by atoms with Gasteiger partial charge in [0.25, 0.3) is 0 Å². The normalized spacial score (nSPS) is 10.8. The first-order valence-electron chi connectivity index (χ1n) is 6.61. The van der Waals surface area contributed by atoms with Crippen LogP contribution in [0.1, 0.15) is 37.6 Å². The van der Waals surface area contributed by atoms with Crippen LogP contribution in [-0.4, -0.2) is 29.4 Å². The molecule has 0 saturated carbocycles. The lowest BCUT2D eigenvalue weighted by Gasteiger charge is -2.17. The van der Waals surface area contributed by atoms with E-state index >= 15 is 0 Å². The smallest absolute Gasteiger partial charge is 0.335 e. The summed E-state index contributed by atoms with van der Waals surface area (Å²) in [5.74, 6) is -1.37. The van der Waals surface area contributed by atoms with Crippen LogP contribution in [0.25, 0.3) is 0 Å². The van der Waals surface area contributed by atoms with Crippen molar-refractivity contribution < 1.29 is 19.5 Å². The number of nitrogens with one attached hydrogen (secondary N) is 2. The molecule has 0 spiro atoms. The van der Waals surface area contributed by atoms with Crippen molar-refractivity contribution in [1.82, 2.24) is 5.32 Å². The molecule has 0 radical (unpaired) electrons. The number of rotatable bonds is 5. The van der Waals surface area contributed by atoms with Gasteiger partial charge in [-0.1, -0.05) is 20.8 Å². The van der Waals surface area contributed by atoms with Crippen molar-refractivity contribution in [1.29, 1.82) is 0 Å². The zero-order valence-electron chi connectivity index (χ0n) is 12.4. The third-order valence-electron chi connectivity index (χ3n) is 2.73. The number of carbonyl (C=O) groups excluding carboxylic acids is 2. The fraction of sp³-hybridized carbons (Fsp3) is 0.400. The minimum Gasteiger partial charge on any atom is -0.478 e. The Hall–Kier alpha value is -2.37. The monoisotopic (exact) mass is 292 g/mol. The van der Waals surface area contributed by atoms with Gasteiger partial charge in [-0.15, -0.1) is 0 Å². The van der Waals surface area contributed by atoms with Crippen LogP contribution in [0, 0.1) is 5.41 Å². The van der Waals surface area contributed by atoms with Gasteiger partial charge in [0.2, 0.25) is 11.8 Å². The van der Waals surface area contributed by atoms with Crippen molar-refractivity contribution in [3.8, 4) is 0 Å². The van der Waals surface area contributed by atoms with Gasteiger partial charge in [0, 0.05) is 24.1 Å². The van der Waals surface area contributed by atoms with Gasteiger partial charge < -0.3 is 15.7 Å². The summed E-state index contributed by atoms with van der Waals surface area (Å²) in [6.07, 6.45) is 0.155. The van der Waals surface area contributed by atoms with Crippen LogP contribution in [0.2, 0.25) is 0 Å². The van der Waals surface area contributed by atoms with E-state index in [1.54, 1.807) is 20.8 Å². The van der Waals surface area contributed by atoms with E-state index in [0.717, 1.165) is 0 Å². The molecule has 3 N–H and O–H groups in total. The maximum atomic E-state index is 11.7. The van der Waals surface area contributed by atoms with Crippen LogP contribution < -0.4 is 10.6 Å². The van der Waals surface area contributed by atoms with E-state index in [4.69, 9.17) is 5.11 Å². The number of amides is 2. The van der Waals surface area contributed by atoms with Crippen molar-refractivity contribution in [3.05, 3.63) is 29.8 Å². The van der Waals surface area contributed by atoms with Gasteiger partial charge in [-0.05, 0) is 24.3 Å². The average Bonchev–Trinajstić information content (AvgIpc) is 2.38. The van der Waals surface area contributed by atoms with Crippen molar-refractivity contribution in [2.45, 2.75) is 27.2 Å². The largest absolute Gasteiger partial charge is 0.478 e. The second-order valence-corrected chi connectivity index (χ2v) is 5.69. The maximum absolute atomic E-state index is 11.7. The third-order valence-corrected chi connectivity index (χ3v) is 2.73. The summed E-state index contributed by atoms with van der Waals surface area (Å²) in [6.45, 7) is 5.65. The summed E-state index contributed by atoms with van der Waals surface area (Å²) in [6, 6.07) is 5.88. The highest BCUT2D eigenvalue weighted by atomic mass is 16.4. The number of carboxylic acid groups (broad SMARTS) is 1. The second kappa shape index (κ2) is 6.88. The van der Waals surface area contributed by atoms with Gasteiger partial charge in [-0.25, -0.2) is 4.79 Å². The number of aromatic carboxylic acids is 1. The Bertz CT molecular complexity index is 530. The third kappa shape index (κ3) is 5.64. The van der Waals surface area contributed by atoms with Crippen LogP contribution in [0.15, 0.2) is 24.3 Å². The molecule has 114 valence electrons. The Morgan fingerprint density at radius 1 is 1.10 bits per heavy atom. The Balaban J connectivity index is 2.40. The highest BCUT2D eigenvalue weighted by Gasteiger charge is 2.20. The highest BCUT2D eigenvalue weighted by Crippen LogP contribution is 2.12. The minimum absolute atomic E-state index is 0.110. The number of hydrogen-bond donors (Lipinski definition) is 3. The van der Waals surface area contributed by atoms with Gasteiger partial charge in [0.15, 0.2) is 0 Å². The Kier molecular flexibility index (Phi) is 5.46. The lowest BCUT2D eigenvalue weighted by Crippen LogP contribution is -2.36. The molecule has 0 aliphatic heterocycles. The molecule has 2 amide bonds. The van der Waals surface area contributed by atoms with E-state index < -0.39 is 11.4 Å². The van der Waals surface area contributed by atoms with Crippen LogP contribution in [-0.2, 0) is 9.59 Å². The Morgan fingerprint density at radius 3 is 2.14 bits per heavy atom. The van der Waals surface area contributed by atoms with E-state index in [2.05, 4.69) is 10.6 Å². The van der Waals surface area contributed by atoms with Gasteiger partial charge in [-0.2, -0.15) is 0 Å². The Labute approximate surface area is 123 Å². The molecular weight excluding hydrogens is 272 g/mol. The standard InChI is InChI=1S/C15H20N2O4/c1-15(2,3)14(21)16-9-8-12(18)17-11-6-4-10(5-7-11)13(19)20/h4-7H,8-9H2,1-3H3,(H,16,21)(H,17,18)(H,19,20). The molecule has 6 nitrogen and oxygen atoms in total. The molecular formula is C15H20N2O4. The molecule has 0 aromatic heterocycles. The fourth-order valence-corrected chi connectivity index (χ4v) is 1.47. The first kappa shape index (κ1) is 16.7. The molecule has 0 heterocycles. The van der Waals surface area contributed by atoms with Crippen LogP contribution >= 0.6 is 0 Å². The van der Waals surface area contributed by atoms with Crippen molar-refractivity contribution in [3.63, 3.8) is 0 Å². The molecule has 0 atom stereocenters. The molecule has 6 heteroatoms. The maximum Gasteiger partial charge on any atom is 0.335 e. The molecule has 0 aliphatic rings. The summed E-state index contributed by atoms with van der Waals surface area (Å²) in [5, 5.41) is 14.1. The van der Waals surface area contributed by atoms with Crippen LogP contribution in [0.3, 0.4) is 0 Å². The summed E-state index contributed by atoms with van der Waals surface area (Å²) >= 11 is 0. The molecule has 0 unspecified atom stereocenters. The predicted molar refractivity (Wildman–Crippen MR) is 79.1 cm³/mol. The first-order valence-corrected chi connectivity index (χ1v) is 6.61. The van der Waals surface area contributed by atoms with Gasteiger partial charge in [0.05, 0.1) is 5.56 Å². The Morgan fingerprint density at radius 2 is 1.67 bits per heavy atom. The number of carboxylic acids is 1. The molecule has 1 rings (SSSR count). The summed E-state index contributed by atoms with van der Waals surface area (Å²) in [4.78, 5) is 34.0. The zero-order valence-corrected chi connectivity index (χ0v) is 12.4.